The Balaban J connectivity index is 0.00000218. The lowest BCUT2D eigenvalue weighted by Gasteiger charge is -2.38. The number of methoxy groups -OCH3 is 3. The fraction of sp³-hybridized carbons (Fsp3) is 0.583. The molecule has 0 atom stereocenters. The van der Waals surface area contributed by atoms with Gasteiger partial charge in [0.15, 0.2) is 0 Å². The van der Waals surface area contributed by atoms with Gasteiger partial charge in [0.1, 0.15) is 11.3 Å². The van der Waals surface area contributed by atoms with Gasteiger partial charge in [-0.25, -0.2) is 4.79 Å². The third kappa shape index (κ3) is 6.33. The summed E-state index contributed by atoms with van der Waals surface area (Å²) in [4.78, 5) is 25.3. The van der Waals surface area contributed by atoms with Gasteiger partial charge in [0.05, 0.1) is 26.7 Å². The molecule has 168 valence electrons. The summed E-state index contributed by atoms with van der Waals surface area (Å²) < 4.78 is 15.9. The molecule has 1 fully saturated rings. The summed E-state index contributed by atoms with van der Waals surface area (Å²) in [5.41, 5.74) is 1.81. The summed E-state index contributed by atoms with van der Waals surface area (Å²) in [7, 11) is 4.62. The van der Waals surface area contributed by atoms with Crippen molar-refractivity contribution in [2.75, 3.05) is 21.3 Å². The molecule has 1 aromatic carbocycles. The van der Waals surface area contributed by atoms with E-state index in [1.807, 2.05) is 52.0 Å². The van der Waals surface area contributed by atoms with Crippen LogP contribution in [0.3, 0.4) is 0 Å². The number of amides is 1. The zero-order valence-corrected chi connectivity index (χ0v) is 19.5. The summed E-state index contributed by atoms with van der Waals surface area (Å²) in [5.74, 6) is 0.0439. The summed E-state index contributed by atoms with van der Waals surface area (Å²) in [6.07, 6.45) is 6.59. The van der Waals surface area contributed by atoms with Crippen LogP contribution in [0.5, 0.6) is 5.75 Å². The van der Waals surface area contributed by atoms with Crippen LogP contribution in [0.2, 0.25) is 0 Å². The van der Waals surface area contributed by atoms with E-state index in [-0.39, 0.29) is 18.4 Å². The Morgan fingerprint density at radius 2 is 1.80 bits per heavy atom. The van der Waals surface area contributed by atoms with E-state index in [9.17, 15) is 9.59 Å². The minimum atomic E-state index is -0.993. The lowest BCUT2D eigenvalue weighted by Crippen LogP contribution is -2.57. The molecule has 0 heterocycles. The molecule has 1 aliphatic carbocycles. The number of benzene rings is 1. The first-order chi connectivity index (χ1) is 14.4. The Morgan fingerprint density at radius 3 is 2.30 bits per heavy atom. The second-order valence-electron chi connectivity index (χ2n) is 7.25. The molecule has 6 heteroatoms. The number of carbonyl (C=O) groups excluding carboxylic acids is 2. The maximum Gasteiger partial charge on any atom is 0.331 e. The van der Waals surface area contributed by atoms with E-state index in [4.69, 9.17) is 14.2 Å². The predicted molar refractivity (Wildman–Crippen MR) is 120 cm³/mol. The van der Waals surface area contributed by atoms with Crippen LogP contribution in [0.25, 0.3) is 6.08 Å². The summed E-state index contributed by atoms with van der Waals surface area (Å²) in [5, 5.41) is 2.96. The SMILES string of the molecule is C/C=C/c1cc(C)c(CC(=O)NC2(C(=O)OC)CCC(OC)CC2)c(OC)c1.CC. The summed E-state index contributed by atoms with van der Waals surface area (Å²) in [6, 6.07) is 3.93. The van der Waals surface area contributed by atoms with Crippen molar-refractivity contribution in [2.24, 2.45) is 0 Å². The number of esters is 1. The second kappa shape index (κ2) is 12.4. The average molecular weight is 420 g/mol. The number of allylic oxidation sites excluding steroid dienone is 1. The van der Waals surface area contributed by atoms with Crippen LogP contribution in [0.4, 0.5) is 0 Å². The van der Waals surface area contributed by atoms with E-state index >= 15 is 0 Å². The van der Waals surface area contributed by atoms with Gasteiger partial charge in [0.2, 0.25) is 5.91 Å². The molecule has 2 rings (SSSR count). The van der Waals surface area contributed by atoms with Crippen LogP contribution in [-0.4, -0.2) is 44.8 Å². The van der Waals surface area contributed by atoms with Crippen molar-refractivity contribution < 1.29 is 23.8 Å². The zero-order valence-electron chi connectivity index (χ0n) is 19.5. The van der Waals surface area contributed by atoms with E-state index in [1.54, 1.807) is 14.2 Å². The van der Waals surface area contributed by atoms with E-state index in [2.05, 4.69) is 5.32 Å². The summed E-state index contributed by atoms with van der Waals surface area (Å²) >= 11 is 0. The highest BCUT2D eigenvalue weighted by atomic mass is 16.5. The fourth-order valence-electron chi connectivity index (χ4n) is 3.88. The predicted octanol–water partition coefficient (Wildman–Crippen LogP) is 4.22. The van der Waals surface area contributed by atoms with E-state index in [0.717, 1.165) is 16.7 Å². The van der Waals surface area contributed by atoms with Crippen LogP contribution >= 0.6 is 0 Å². The highest BCUT2D eigenvalue weighted by molar-refractivity contribution is 5.89. The number of ether oxygens (including phenoxy) is 3. The molecule has 0 aromatic heterocycles. The molecule has 6 nitrogen and oxygen atoms in total. The number of aryl methyl sites for hydroxylation is 1. The molecule has 0 aliphatic heterocycles. The van der Waals surface area contributed by atoms with Crippen LogP contribution < -0.4 is 10.1 Å². The molecule has 1 amide bonds. The second-order valence-corrected chi connectivity index (χ2v) is 7.25. The zero-order chi connectivity index (χ0) is 22.7. The van der Waals surface area contributed by atoms with Gasteiger partial charge in [-0.05, 0) is 56.7 Å². The Kier molecular flexibility index (Phi) is 10.6. The molecule has 1 N–H and O–H groups in total. The molecule has 0 spiro atoms. The van der Waals surface area contributed by atoms with E-state index in [1.165, 1.54) is 7.11 Å². The highest BCUT2D eigenvalue weighted by Gasteiger charge is 2.44. The standard InChI is InChI=1S/C22H31NO5.C2H6/c1-6-7-16-12-15(2)18(19(13-16)27-4)14-20(24)23-22(21(25)28-5)10-8-17(26-3)9-11-22;1-2/h6-7,12-13,17H,8-11,14H2,1-5H3,(H,23,24);1-2H3/b7-6+;. The van der Waals surface area contributed by atoms with Crippen molar-refractivity contribution >= 4 is 18.0 Å². The van der Waals surface area contributed by atoms with Gasteiger partial charge >= 0.3 is 5.97 Å². The molecule has 0 saturated heterocycles. The van der Waals surface area contributed by atoms with Gasteiger partial charge in [-0.2, -0.15) is 0 Å². The summed E-state index contributed by atoms with van der Waals surface area (Å²) in [6.45, 7) is 7.91. The van der Waals surface area contributed by atoms with E-state index < -0.39 is 11.5 Å². The Morgan fingerprint density at radius 1 is 1.17 bits per heavy atom. The molecule has 0 unspecified atom stereocenters. The quantitative estimate of drug-likeness (QED) is 0.670. The molecule has 30 heavy (non-hydrogen) atoms. The van der Waals surface area contributed by atoms with Crippen molar-refractivity contribution in [3.8, 4) is 5.75 Å². The number of nitrogens with one attached hydrogen (secondary N) is 1. The van der Waals surface area contributed by atoms with Crippen molar-refractivity contribution in [1.82, 2.24) is 5.32 Å². The van der Waals surface area contributed by atoms with Crippen molar-refractivity contribution in [2.45, 2.75) is 71.4 Å². The van der Waals surface area contributed by atoms with Crippen LogP contribution in [0.15, 0.2) is 18.2 Å². The van der Waals surface area contributed by atoms with Gasteiger partial charge in [-0.15, -0.1) is 0 Å². The largest absolute Gasteiger partial charge is 0.496 e. The topological polar surface area (TPSA) is 73.9 Å². The van der Waals surface area contributed by atoms with Crippen LogP contribution in [-0.2, 0) is 25.5 Å². The van der Waals surface area contributed by atoms with E-state index in [0.29, 0.717) is 31.4 Å². The van der Waals surface area contributed by atoms with Crippen molar-refractivity contribution in [3.05, 3.63) is 34.9 Å². The fourth-order valence-corrected chi connectivity index (χ4v) is 3.88. The normalized spacial score (nSPS) is 20.8. The van der Waals surface area contributed by atoms with Gasteiger partial charge in [-0.1, -0.05) is 32.1 Å². The molecule has 0 radical (unpaired) electrons. The first kappa shape index (κ1) is 25.7. The molecular weight excluding hydrogens is 382 g/mol. The number of rotatable bonds is 7. The maximum absolute atomic E-state index is 12.9. The first-order valence-electron chi connectivity index (χ1n) is 10.6. The number of hydrogen-bond acceptors (Lipinski definition) is 5. The van der Waals surface area contributed by atoms with Gasteiger partial charge in [0.25, 0.3) is 0 Å². The third-order valence-electron chi connectivity index (χ3n) is 5.45. The smallest absolute Gasteiger partial charge is 0.331 e. The van der Waals surface area contributed by atoms with Gasteiger partial charge in [-0.3, -0.25) is 4.79 Å². The highest BCUT2D eigenvalue weighted by Crippen LogP contribution is 2.32. The lowest BCUT2D eigenvalue weighted by atomic mass is 9.80. The minimum absolute atomic E-state index is 0.108. The Bertz CT molecular complexity index is 733. The Labute approximate surface area is 181 Å². The minimum Gasteiger partial charge on any atom is -0.496 e. The first-order valence-corrected chi connectivity index (χ1v) is 10.6. The average Bonchev–Trinajstić information content (AvgIpc) is 2.76. The molecule has 1 saturated carbocycles. The molecule has 1 aromatic rings. The monoisotopic (exact) mass is 419 g/mol. The third-order valence-corrected chi connectivity index (χ3v) is 5.45. The number of carbonyl (C=O) groups is 2. The molecule has 0 bridgehead atoms. The van der Waals surface area contributed by atoms with Crippen LogP contribution in [0, 0.1) is 6.92 Å². The van der Waals surface area contributed by atoms with Crippen molar-refractivity contribution in [1.29, 1.82) is 0 Å². The number of hydrogen-bond donors (Lipinski definition) is 1. The lowest BCUT2D eigenvalue weighted by molar-refractivity contribution is -0.153. The van der Waals surface area contributed by atoms with Crippen molar-refractivity contribution in [3.63, 3.8) is 0 Å². The molecule has 1 aliphatic rings. The molecular formula is C24H37NO5. The Hall–Kier alpha value is -2.34. The van der Waals surface area contributed by atoms with Crippen LogP contribution in [0.1, 0.15) is 63.1 Å². The van der Waals surface area contributed by atoms with Gasteiger partial charge in [0, 0.05) is 12.7 Å². The van der Waals surface area contributed by atoms with Gasteiger partial charge < -0.3 is 19.5 Å². The maximum atomic E-state index is 12.9.